The van der Waals surface area contributed by atoms with E-state index in [9.17, 15) is 9.00 Å². The molecule has 1 fully saturated rings. The van der Waals surface area contributed by atoms with Crippen LogP contribution in [0.2, 0.25) is 0 Å². The van der Waals surface area contributed by atoms with Gasteiger partial charge in [-0.2, -0.15) is 0 Å². The van der Waals surface area contributed by atoms with Crippen LogP contribution in [-0.2, 0) is 33.1 Å². The SMILES string of the molecule is C1COCCO1.CCc1cnc(CCNC(=O)Nc2nc(C)c(-c3cc(C)nc(S(C)=O)n3)s2)o1. The summed E-state index contributed by atoms with van der Waals surface area (Å²) in [5.41, 5.74) is 2.09. The Bertz CT molecular complexity index is 1130. The van der Waals surface area contributed by atoms with Crippen molar-refractivity contribution in [2.75, 3.05) is 44.5 Å². The summed E-state index contributed by atoms with van der Waals surface area (Å²) in [6.45, 7) is 9.15. The number of ether oxygens (including phenoxy) is 2. The van der Waals surface area contributed by atoms with Gasteiger partial charge in [0, 0.05) is 31.3 Å². The lowest BCUT2D eigenvalue weighted by molar-refractivity contribution is -0.0334. The number of nitrogens with one attached hydrogen (secondary N) is 2. The number of hydrogen-bond acceptors (Lipinski definition) is 10. The minimum Gasteiger partial charge on any atom is -0.446 e. The van der Waals surface area contributed by atoms with Crippen molar-refractivity contribution < 1.29 is 22.9 Å². The van der Waals surface area contributed by atoms with Crippen LogP contribution < -0.4 is 10.6 Å². The summed E-state index contributed by atoms with van der Waals surface area (Å²) >= 11 is 1.30. The molecule has 2 N–H and O–H groups in total. The van der Waals surface area contributed by atoms with Crippen LogP contribution in [0.3, 0.4) is 0 Å². The van der Waals surface area contributed by atoms with Crippen molar-refractivity contribution in [2.24, 2.45) is 0 Å². The van der Waals surface area contributed by atoms with Crippen LogP contribution in [0.4, 0.5) is 9.93 Å². The molecule has 0 bridgehead atoms. The highest BCUT2D eigenvalue weighted by Crippen LogP contribution is 2.32. The van der Waals surface area contributed by atoms with Gasteiger partial charge < -0.3 is 19.2 Å². The highest BCUT2D eigenvalue weighted by atomic mass is 32.2. The molecule has 0 spiro atoms. The van der Waals surface area contributed by atoms with Gasteiger partial charge >= 0.3 is 6.03 Å². The molecule has 4 heterocycles. The van der Waals surface area contributed by atoms with Crippen LogP contribution in [0.5, 0.6) is 0 Å². The van der Waals surface area contributed by atoms with Gasteiger partial charge in [-0.05, 0) is 19.9 Å². The number of oxazole rings is 1. The molecule has 1 aliphatic heterocycles. The molecular formula is C22H30N6O5S2. The van der Waals surface area contributed by atoms with Gasteiger partial charge in [0.1, 0.15) is 5.76 Å². The molecule has 2 amide bonds. The fraction of sp³-hybridized carbons (Fsp3) is 0.500. The number of nitrogens with zero attached hydrogens (tertiary/aromatic N) is 4. The number of aromatic nitrogens is 4. The second-order valence-corrected chi connectivity index (χ2v) is 9.77. The lowest BCUT2D eigenvalue weighted by Gasteiger charge is -2.09. The smallest absolute Gasteiger partial charge is 0.321 e. The van der Waals surface area contributed by atoms with Crippen molar-refractivity contribution in [1.82, 2.24) is 25.3 Å². The van der Waals surface area contributed by atoms with Crippen LogP contribution in [0.15, 0.2) is 21.8 Å². The quantitative estimate of drug-likeness (QED) is 0.448. The number of rotatable bonds is 7. The van der Waals surface area contributed by atoms with Gasteiger partial charge in [-0.1, -0.05) is 18.3 Å². The number of amides is 2. The second-order valence-electron chi connectivity index (χ2n) is 7.49. The van der Waals surface area contributed by atoms with E-state index < -0.39 is 10.8 Å². The molecule has 1 atom stereocenters. The number of carbonyl (C=O) groups excluding carboxylic acids is 1. The zero-order chi connectivity index (χ0) is 25.2. The molecular weight excluding hydrogens is 492 g/mol. The van der Waals surface area contributed by atoms with E-state index in [0.29, 0.717) is 29.7 Å². The van der Waals surface area contributed by atoms with Crippen molar-refractivity contribution in [3.05, 3.63) is 35.3 Å². The van der Waals surface area contributed by atoms with E-state index in [-0.39, 0.29) is 11.2 Å². The number of aryl methyl sites for hydroxylation is 3. The van der Waals surface area contributed by atoms with Crippen molar-refractivity contribution >= 4 is 33.3 Å². The van der Waals surface area contributed by atoms with Crippen molar-refractivity contribution in [1.29, 1.82) is 0 Å². The molecule has 1 aliphatic rings. The van der Waals surface area contributed by atoms with Gasteiger partial charge in [0.15, 0.2) is 11.0 Å². The predicted octanol–water partition coefficient (Wildman–Crippen LogP) is 2.90. The predicted molar refractivity (Wildman–Crippen MR) is 133 cm³/mol. The Kier molecular flexibility index (Phi) is 10.3. The lowest BCUT2D eigenvalue weighted by Crippen LogP contribution is -2.30. The standard InChI is InChI=1S/C18H22N6O3S2.C4H8O2/c1-5-12-9-20-14(27-12)6-7-19-16(25)24-17-22-11(3)15(28-17)13-8-10(2)21-18(23-13)29(4)26;1-2-6-4-3-5-1/h8-9H,5-7H2,1-4H3,(H2,19,22,24,25);1-4H2. The maximum absolute atomic E-state index is 12.1. The largest absolute Gasteiger partial charge is 0.446 e. The first-order chi connectivity index (χ1) is 16.9. The third-order valence-corrected chi connectivity index (χ3v) is 6.45. The van der Waals surface area contributed by atoms with E-state index in [0.717, 1.165) is 54.9 Å². The highest BCUT2D eigenvalue weighted by Gasteiger charge is 2.15. The molecule has 1 saturated heterocycles. The van der Waals surface area contributed by atoms with Crippen LogP contribution in [0, 0.1) is 13.8 Å². The zero-order valence-corrected chi connectivity index (χ0v) is 21.9. The lowest BCUT2D eigenvalue weighted by atomic mass is 10.2. The van der Waals surface area contributed by atoms with E-state index in [2.05, 4.69) is 30.6 Å². The zero-order valence-electron chi connectivity index (χ0n) is 20.3. The minimum absolute atomic E-state index is 0.276. The van der Waals surface area contributed by atoms with E-state index >= 15 is 0 Å². The normalized spacial score (nSPS) is 14.1. The third-order valence-electron chi connectivity index (χ3n) is 4.66. The molecule has 0 aromatic carbocycles. The third kappa shape index (κ3) is 8.46. The Balaban J connectivity index is 0.000000497. The Hall–Kier alpha value is -2.74. The molecule has 3 aromatic heterocycles. The molecule has 0 aliphatic carbocycles. The molecule has 13 heteroatoms. The summed E-state index contributed by atoms with van der Waals surface area (Å²) in [6.07, 6.45) is 4.53. The van der Waals surface area contributed by atoms with Crippen molar-refractivity contribution in [3.8, 4) is 10.6 Å². The molecule has 0 radical (unpaired) electrons. The van der Waals surface area contributed by atoms with Crippen LogP contribution in [0.1, 0.15) is 30.0 Å². The summed E-state index contributed by atoms with van der Waals surface area (Å²) in [5.74, 6) is 1.42. The summed E-state index contributed by atoms with van der Waals surface area (Å²) in [6, 6.07) is 1.45. The Labute approximate surface area is 210 Å². The summed E-state index contributed by atoms with van der Waals surface area (Å²) in [4.78, 5) is 30.0. The summed E-state index contributed by atoms with van der Waals surface area (Å²) < 4.78 is 27.1. The molecule has 35 heavy (non-hydrogen) atoms. The maximum Gasteiger partial charge on any atom is 0.321 e. The van der Waals surface area contributed by atoms with Gasteiger partial charge in [0.2, 0.25) is 5.16 Å². The second kappa shape index (κ2) is 13.4. The molecule has 11 nitrogen and oxygen atoms in total. The van der Waals surface area contributed by atoms with Crippen LogP contribution >= 0.6 is 11.3 Å². The molecule has 1 unspecified atom stereocenters. The van der Waals surface area contributed by atoms with Crippen molar-refractivity contribution in [3.63, 3.8) is 0 Å². The number of carbonyl (C=O) groups is 1. The molecule has 3 aromatic rings. The van der Waals surface area contributed by atoms with Gasteiger partial charge in [-0.25, -0.2) is 24.7 Å². The topological polar surface area (TPSA) is 141 Å². The van der Waals surface area contributed by atoms with Gasteiger partial charge in [-0.15, -0.1) is 0 Å². The Morgan fingerprint density at radius 3 is 2.46 bits per heavy atom. The summed E-state index contributed by atoms with van der Waals surface area (Å²) in [7, 11) is -1.28. The van der Waals surface area contributed by atoms with E-state index in [4.69, 9.17) is 13.9 Å². The average Bonchev–Trinajstić information content (AvgIpc) is 3.46. The van der Waals surface area contributed by atoms with Crippen molar-refractivity contribution in [2.45, 2.75) is 38.8 Å². The molecule has 4 rings (SSSR count). The number of urea groups is 1. The summed E-state index contributed by atoms with van der Waals surface area (Å²) in [5, 5.41) is 6.22. The first-order valence-corrected chi connectivity index (χ1v) is 13.5. The fourth-order valence-electron chi connectivity index (χ4n) is 2.96. The van der Waals surface area contributed by atoms with Gasteiger partial charge in [0.05, 0.1) is 59.7 Å². The number of hydrogen-bond donors (Lipinski definition) is 2. The number of thiazole rings is 1. The first-order valence-electron chi connectivity index (χ1n) is 11.2. The minimum atomic E-state index is -1.28. The first kappa shape index (κ1) is 26.9. The van der Waals surface area contributed by atoms with Crippen LogP contribution in [0.25, 0.3) is 10.6 Å². The van der Waals surface area contributed by atoms with E-state index in [1.54, 1.807) is 6.20 Å². The maximum atomic E-state index is 12.1. The fourth-order valence-corrected chi connectivity index (χ4v) is 4.39. The monoisotopic (exact) mass is 522 g/mol. The Morgan fingerprint density at radius 2 is 1.86 bits per heavy atom. The van der Waals surface area contributed by atoms with E-state index in [1.807, 2.05) is 26.8 Å². The van der Waals surface area contributed by atoms with Crippen LogP contribution in [-0.4, -0.2) is 69.4 Å². The van der Waals surface area contributed by atoms with Gasteiger partial charge in [-0.3, -0.25) is 9.53 Å². The highest BCUT2D eigenvalue weighted by molar-refractivity contribution is 7.84. The molecule has 190 valence electrons. The Morgan fingerprint density at radius 1 is 1.14 bits per heavy atom. The average molecular weight is 523 g/mol. The molecule has 0 saturated carbocycles. The number of anilines is 1. The van der Waals surface area contributed by atoms with E-state index in [1.165, 1.54) is 17.6 Å². The van der Waals surface area contributed by atoms with Gasteiger partial charge in [0.25, 0.3) is 0 Å².